The number of aryl methyl sites for hydroxylation is 2. The topological polar surface area (TPSA) is 0 Å². The largest absolute Gasteiger partial charge is 0.0763 e. The standard InChI is InChI=1S/C34H46/c1-4-7-8-9-13-27-17-18-29-16-12-24-34(6-3,23-5-2)32-22-21-30(33(29)25-27)20-19-28-14-10-11-15-31(28)26-32/h10-11,14-15,17-21,25,32H,4-9,12-13,16,22-24,26H2,1-3H3. The fraction of sp³-hybridized carbons (Fsp3) is 0.529. The van der Waals surface area contributed by atoms with Crippen LogP contribution in [-0.4, -0.2) is 0 Å². The van der Waals surface area contributed by atoms with Crippen molar-refractivity contribution >= 4 is 11.6 Å². The molecule has 2 aromatic carbocycles. The number of fused-ring (bicyclic) bond motifs is 5. The monoisotopic (exact) mass is 454 g/mol. The van der Waals surface area contributed by atoms with Crippen molar-refractivity contribution in [1.29, 1.82) is 0 Å². The number of benzene rings is 2. The highest BCUT2D eigenvalue weighted by Gasteiger charge is 2.36. The Labute approximate surface area is 209 Å². The minimum absolute atomic E-state index is 0.449. The van der Waals surface area contributed by atoms with E-state index in [1.807, 2.05) is 0 Å². The molecule has 0 spiro atoms. The minimum Gasteiger partial charge on any atom is -0.0763 e. The Hall–Kier alpha value is -2.08. The maximum atomic E-state index is 2.61. The lowest BCUT2D eigenvalue weighted by Crippen LogP contribution is -2.32. The molecule has 0 fully saturated rings. The summed E-state index contributed by atoms with van der Waals surface area (Å²) in [6.45, 7) is 7.15. The Balaban J connectivity index is 1.77. The Bertz CT molecular complexity index is 991. The summed E-state index contributed by atoms with van der Waals surface area (Å²) >= 11 is 0. The van der Waals surface area contributed by atoms with Gasteiger partial charge in [-0.15, -0.1) is 0 Å². The zero-order valence-electron chi connectivity index (χ0n) is 22.0. The van der Waals surface area contributed by atoms with Crippen molar-refractivity contribution in [3.05, 3.63) is 82.4 Å². The molecule has 2 aliphatic rings. The van der Waals surface area contributed by atoms with Crippen LogP contribution in [0.15, 0.2) is 54.6 Å². The van der Waals surface area contributed by atoms with Gasteiger partial charge in [0.15, 0.2) is 0 Å². The second-order valence-corrected chi connectivity index (χ2v) is 11.0. The third kappa shape index (κ3) is 5.76. The molecule has 0 amide bonds. The summed E-state index contributed by atoms with van der Waals surface area (Å²) in [7, 11) is 0. The Morgan fingerprint density at radius 2 is 1.76 bits per heavy atom. The van der Waals surface area contributed by atoms with Gasteiger partial charge in [0.25, 0.3) is 0 Å². The van der Waals surface area contributed by atoms with Gasteiger partial charge in [-0.3, -0.25) is 0 Å². The highest BCUT2D eigenvalue weighted by Crippen LogP contribution is 2.47. The van der Waals surface area contributed by atoms with Crippen molar-refractivity contribution in [2.75, 3.05) is 0 Å². The number of hydrogen-bond donors (Lipinski definition) is 0. The van der Waals surface area contributed by atoms with Crippen LogP contribution >= 0.6 is 0 Å². The summed E-state index contributed by atoms with van der Waals surface area (Å²) in [6.07, 6.45) is 24.2. The molecule has 2 bridgehead atoms. The summed E-state index contributed by atoms with van der Waals surface area (Å²) in [4.78, 5) is 0. The highest BCUT2D eigenvalue weighted by molar-refractivity contribution is 5.81. The molecule has 0 heteroatoms. The molecule has 182 valence electrons. The lowest BCUT2D eigenvalue weighted by Gasteiger charge is -2.41. The second-order valence-electron chi connectivity index (χ2n) is 11.0. The van der Waals surface area contributed by atoms with E-state index in [-0.39, 0.29) is 0 Å². The van der Waals surface area contributed by atoms with Gasteiger partial charge < -0.3 is 0 Å². The van der Waals surface area contributed by atoms with Gasteiger partial charge in [0, 0.05) is 0 Å². The van der Waals surface area contributed by atoms with Gasteiger partial charge >= 0.3 is 0 Å². The van der Waals surface area contributed by atoms with E-state index in [0.29, 0.717) is 11.3 Å². The predicted octanol–water partition coefficient (Wildman–Crippen LogP) is 10.0. The van der Waals surface area contributed by atoms with Gasteiger partial charge in [-0.2, -0.15) is 0 Å². The first-order chi connectivity index (χ1) is 16.7. The van der Waals surface area contributed by atoms with E-state index in [2.05, 4.69) is 81.5 Å². The van der Waals surface area contributed by atoms with Gasteiger partial charge in [-0.1, -0.05) is 114 Å². The first kappa shape index (κ1) is 25.0. The van der Waals surface area contributed by atoms with E-state index in [0.717, 1.165) is 0 Å². The summed E-state index contributed by atoms with van der Waals surface area (Å²) in [6, 6.07) is 16.6. The highest BCUT2D eigenvalue weighted by atomic mass is 14.4. The minimum atomic E-state index is 0.449. The molecule has 2 atom stereocenters. The summed E-state index contributed by atoms with van der Waals surface area (Å²) in [5.74, 6) is 0.715. The first-order valence-corrected chi connectivity index (χ1v) is 14.3. The smallest absolute Gasteiger partial charge is 0.0152 e. The third-order valence-corrected chi connectivity index (χ3v) is 8.83. The Morgan fingerprint density at radius 1 is 0.882 bits per heavy atom. The first-order valence-electron chi connectivity index (χ1n) is 14.3. The van der Waals surface area contributed by atoms with Crippen molar-refractivity contribution in [2.45, 2.75) is 104 Å². The normalized spacial score (nSPS) is 22.2. The van der Waals surface area contributed by atoms with E-state index >= 15 is 0 Å². The van der Waals surface area contributed by atoms with Crippen molar-refractivity contribution < 1.29 is 0 Å². The molecule has 0 saturated heterocycles. The molecule has 4 rings (SSSR count). The lowest BCUT2D eigenvalue weighted by molar-refractivity contribution is 0.115. The van der Waals surface area contributed by atoms with Gasteiger partial charge in [0.05, 0.1) is 0 Å². The molecule has 0 aromatic heterocycles. The number of allylic oxidation sites excluding steroid dienone is 3. The average Bonchev–Trinajstić information content (AvgIpc) is 2.96. The summed E-state index contributed by atoms with van der Waals surface area (Å²) < 4.78 is 0. The molecule has 0 radical (unpaired) electrons. The predicted molar refractivity (Wildman–Crippen MR) is 150 cm³/mol. The zero-order chi connectivity index (χ0) is 23.8. The lowest BCUT2D eigenvalue weighted by atomic mass is 9.63. The van der Waals surface area contributed by atoms with Crippen molar-refractivity contribution in [3.8, 4) is 0 Å². The SMILES string of the molecule is CCCCCCc1ccc2c(c1)C1=CCC(Cc3ccccc3C=C1)C(CC)(CCC)CCC2. The van der Waals surface area contributed by atoms with Crippen molar-refractivity contribution in [3.63, 3.8) is 0 Å². The second kappa shape index (κ2) is 12.1. The summed E-state index contributed by atoms with van der Waals surface area (Å²) in [5.41, 5.74) is 9.43. The average molecular weight is 455 g/mol. The maximum Gasteiger partial charge on any atom is -0.0152 e. The van der Waals surface area contributed by atoms with Crippen LogP contribution in [0.3, 0.4) is 0 Å². The summed E-state index contributed by atoms with van der Waals surface area (Å²) in [5, 5.41) is 0. The van der Waals surface area contributed by atoms with Gasteiger partial charge in [0.2, 0.25) is 0 Å². The Morgan fingerprint density at radius 3 is 2.59 bits per heavy atom. The molecule has 0 aliphatic heterocycles. The number of unbranched alkanes of at least 4 members (excludes halogenated alkanes) is 3. The molecule has 34 heavy (non-hydrogen) atoms. The van der Waals surface area contributed by atoms with Crippen molar-refractivity contribution in [1.82, 2.24) is 0 Å². The zero-order valence-corrected chi connectivity index (χ0v) is 22.0. The van der Waals surface area contributed by atoms with Gasteiger partial charge in [-0.25, -0.2) is 0 Å². The molecule has 0 nitrogen and oxygen atoms in total. The molecule has 2 aromatic rings. The van der Waals surface area contributed by atoms with Crippen LogP contribution in [0.4, 0.5) is 0 Å². The molecule has 0 heterocycles. The van der Waals surface area contributed by atoms with Crippen LogP contribution in [-0.2, 0) is 19.3 Å². The van der Waals surface area contributed by atoms with E-state index in [1.54, 1.807) is 5.56 Å². The van der Waals surface area contributed by atoms with Crippen molar-refractivity contribution in [2.24, 2.45) is 11.3 Å². The van der Waals surface area contributed by atoms with Crippen LogP contribution in [0.5, 0.6) is 0 Å². The van der Waals surface area contributed by atoms with Crippen LogP contribution in [0, 0.1) is 11.3 Å². The van der Waals surface area contributed by atoms with Crippen LogP contribution in [0.25, 0.3) is 11.6 Å². The van der Waals surface area contributed by atoms with Crippen LogP contribution in [0.2, 0.25) is 0 Å². The quantitative estimate of drug-likeness (QED) is 0.348. The molecule has 2 unspecified atom stereocenters. The molecule has 0 saturated carbocycles. The van der Waals surface area contributed by atoms with Crippen LogP contribution in [0.1, 0.15) is 113 Å². The molecule has 2 aliphatic carbocycles. The van der Waals surface area contributed by atoms with Gasteiger partial charge in [-0.05, 0) is 96.1 Å². The third-order valence-electron chi connectivity index (χ3n) is 8.83. The van der Waals surface area contributed by atoms with E-state index in [4.69, 9.17) is 0 Å². The van der Waals surface area contributed by atoms with E-state index in [9.17, 15) is 0 Å². The maximum absolute atomic E-state index is 2.61. The van der Waals surface area contributed by atoms with Gasteiger partial charge in [0.1, 0.15) is 0 Å². The van der Waals surface area contributed by atoms with Crippen LogP contribution < -0.4 is 0 Å². The fourth-order valence-electron chi connectivity index (χ4n) is 6.74. The molecular formula is C34H46. The fourth-order valence-corrected chi connectivity index (χ4v) is 6.74. The molecule has 0 N–H and O–H groups in total. The number of hydrogen-bond acceptors (Lipinski definition) is 0. The number of rotatable bonds is 8. The molecular weight excluding hydrogens is 408 g/mol. The van der Waals surface area contributed by atoms with E-state index in [1.165, 1.54) is 111 Å². The Kier molecular flexibility index (Phi) is 8.87. The van der Waals surface area contributed by atoms with E-state index < -0.39 is 0 Å².